The van der Waals surface area contributed by atoms with Gasteiger partial charge in [0.2, 0.25) is 0 Å². The molecule has 4 N–H and O–H groups in total. The Kier molecular flexibility index (Phi) is 4.74. The maximum atomic E-state index is 11.3. The molecular formula is C11H20N2O4. The zero-order chi connectivity index (χ0) is 12.9. The fourth-order valence-electron chi connectivity index (χ4n) is 1.66. The van der Waals surface area contributed by atoms with Gasteiger partial charge in [-0.1, -0.05) is 6.42 Å². The van der Waals surface area contributed by atoms with Gasteiger partial charge in [0.05, 0.1) is 12.0 Å². The van der Waals surface area contributed by atoms with Crippen LogP contribution in [-0.4, -0.2) is 40.9 Å². The summed E-state index contributed by atoms with van der Waals surface area (Å²) in [5.41, 5.74) is -1.42. The van der Waals surface area contributed by atoms with E-state index in [1.165, 1.54) is 13.3 Å². The van der Waals surface area contributed by atoms with Gasteiger partial charge in [-0.25, -0.2) is 4.79 Å². The number of rotatable bonds is 6. The Morgan fingerprint density at radius 2 is 2.00 bits per heavy atom. The van der Waals surface area contributed by atoms with Crippen molar-refractivity contribution in [1.29, 1.82) is 0 Å². The molecule has 2 amide bonds. The zero-order valence-electron chi connectivity index (χ0n) is 10.0. The summed E-state index contributed by atoms with van der Waals surface area (Å²) in [5.74, 6) is -0.521. The minimum absolute atomic E-state index is 0.0736. The lowest BCUT2D eigenvalue weighted by atomic mass is 9.85. The number of amides is 2. The van der Waals surface area contributed by atoms with Gasteiger partial charge in [-0.15, -0.1) is 0 Å². The predicted molar refractivity (Wildman–Crippen MR) is 61.6 cm³/mol. The van der Waals surface area contributed by atoms with E-state index in [-0.39, 0.29) is 12.6 Å². The Morgan fingerprint density at radius 3 is 2.47 bits per heavy atom. The Labute approximate surface area is 100 Å². The number of urea groups is 1. The van der Waals surface area contributed by atoms with E-state index in [9.17, 15) is 14.7 Å². The van der Waals surface area contributed by atoms with Crippen LogP contribution in [0.25, 0.3) is 0 Å². The van der Waals surface area contributed by atoms with Crippen molar-refractivity contribution in [1.82, 2.24) is 10.6 Å². The van der Waals surface area contributed by atoms with Gasteiger partial charge in [0.25, 0.3) is 0 Å². The average Bonchev–Trinajstić information content (AvgIpc) is 2.10. The molecule has 17 heavy (non-hydrogen) atoms. The van der Waals surface area contributed by atoms with Crippen molar-refractivity contribution < 1.29 is 19.8 Å². The molecule has 1 aliphatic carbocycles. The molecule has 0 aromatic carbocycles. The molecule has 0 saturated heterocycles. The molecule has 98 valence electrons. The van der Waals surface area contributed by atoms with E-state index in [4.69, 9.17) is 5.11 Å². The second-order valence-corrected chi connectivity index (χ2v) is 4.93. The molecule has 1 atom stereocenters. The first-order valence-corrected chi connectivity index (χ1v) is 5.85. The van der Waals surface area contributed by atoms with E-state index in [0.29, 0.717) is 12.5 Å². The van der Waals surface area contributed by atoms with Gasteiger partial charge in [0, 0.05) is 13.1 Å². The molecule has 1 saturated carbocycles. The van der Waals surface area contributed by atoms with Gasteiger partial charge in [-0.3, -0.25) is 4.79 Å². The van der Waals surface area contributed by atoms with Gasteiger partial charge in [-0.2, -0.15) is 0 Å². The third kappa shape index (κ3) is 5.53. The van der Waals surface area contributed by atoms with E-state index in [1.807, 2.05) is 0 Å². The van der Waals surface area contributed by atoms with Crippen molar-refractivity contribution in [2.45, 2.75) is 38.2 Å². The first-order chi connectivity index (χ1) is 7.89. The number of carboxylic acids is 1. The molecule has 0 bridgehead atoms. The quantitative estimate of drug-likeness (QED) is 0.540. The summed E-state index contributed by atoms with van der Waals surface area (Å²) in [6.45, 7) is 1.95. The fourth-order valence-corrected chi connectivity index (χ4v) is 1.66. The van der Waals surface area contributed by atoms with E-state index in [0.717, 1.165) is 12.8 Å². The average molecular weight is 244 g/mol. The highest BCUT2D eigenvalue weighted by atomic mass is 16.4. The predicted octanol–water partition coefficient (Wildman–Crippen LogP) is 0.311. The zero-order valence-corrected chi connectivity index (χ0v) is 10.0. The van der Waals surface area contributed by atoms with Gasteiger partial charge in [-0.05, 0) is 25.7 Å². The van der Waals surface area contributed by atoms with Gasteiger partial charge >= 0.3 is 12.0 Å². The van der Waals surface area contributed by atoms with Crippen LogP contribution in [0, 0.1) is 5.92 Å². The van der Waals surface area contributed by atoms with Crippen molar-refractivity contribution in [3.63, 3.8) is 0 Å². The van der Waals surface area contributed by atoms with Crippen LogP contribution in [0.4, 0.5) is 4.79 Å². The number of carboxylic acid groups (broad SMARTS) is 1. The smallest absolute Gasteiger partial charge is 0.314 e. The highest BCUT2D eigenvalue weighted by molar-refractivity contribution is 5.74. The normalized spacial score (nSPS) is 18.9. The van der Waals surface area contributed by atoms with Gasteiger partial charge < -0.3 is 20.8 Å². The topological polar surface area (TPSA) is 98.7 Å². The maximum Gasteiger partial charge on any atom is 0.314 e. The number of carbonyl (C=O) groups excluding carboxylic acids is 1. The summed E-state index contributed by atoms with van der Waals surface area (Å²) in [7, 11) is 0. The van der Waals surface area contributed by atoms with Crippen LogP contribution in [0.3, 0.4) is 0 Å². The first-order valence-electron chi connectivity index (χ1n) is 5.85. The number of hydrogen-bond donors (Lipinski definition) is 4. The monoisotopic (exact) mass is 244 g/mol. The first kappa shape index (κ1) is 13.8. The van der Waals surface area contributed by atoms with E-state index >= 15 is 0 Å². The largest absolute Gasteiger partial charge is 0.481 e. The van der Waals surface area contributed by atoms with Gasteiger partial charge in [0.1, 0.15) is 0 Å². The lowest BCUT2D eigenvalue weighted by Gasteiger charge is -2.26. The summed E-state index contributed by atoms with van der Waals surface area (Å²) < 4.78 is 0. The number of carbonyl (C=O) groups is 2. The lowest BCUT2D eigenvalue weighted by Crippen LogP contribution is -2.47. The molecule has 1 unspecified atom stereocenters. The Bertz CT molecular complexity index is 287. The van der Waals surface area contributed by atoms with Crippen LogP contribution in [-0.2, 0) is 4.79 Å². The molecule has 1 aliphatic rings. The van der Waals surface area contributed by atoms with Crippen LogP contribution in [0.1, 0.15) is 32.6 Å². The summed E-state index contributed by atoms with van der Waals surface area (Å²) in [6.07, 6.45) is 3.13. The molecule has 0 radical (unpaired) electrons. The van der Waals surface area contributed by atoms with E-state index < -0.39 is 18.0 Å². The Hall–Kier alpha value is -1.30. The van der Waals surface area contributed by atoms with E-state index in [1.54, 1.807) is 0 Å². The van der Waals surface area contributed by atoms with E-state index in [2.05, 4.69) is 10.6 Å². The van der Waals surface area contributed by atoms with Crippen LogP contribution >= 0.6 is 0 Å². The molecular weight excluding hydrogens is 224 g/mol. The molecule has 0 spiro atoms. The molecule has 6 nitrogen and oxygen atoms in total. The van der Waals surface area contributed by atoms with Crippen LogP contribution < -0.4 is 10.6 Å². The van der Waals surface area contributed by atoms with Crippen molar-refractivity contribution >= 4 is 12.0 Å². The van der Waals surface area contributed by atoms with Crippen molar-refractivity contribution in [2.75, 3.05) is 13.1 Å². The molecule has 0 aromatic rings. The lowest BCUT2D eigenvalue weighted by molar-refractivity contribution is -0.141. The fraction of sp³-hybridized carbons (Fsp3) is 0.818. The second-order valence-electron chi connectivity index (χ2n) is 4.93. The SMILES string of the molecule is CC(O)(CNC(=O)NCC1CCC1)CC(=O)O. The highest BCUT2D eigenvalue weighted by Crippen LogP contribution is 2.24. The molecule has 1 fully saturated rings. The minimum atomic E-state index is -1.42. The van der Waals surface area contributed by atoms with Crippen LogP contribution in [0.15, 0.2) is 0 Å². The van der Waals surface area contributed by atoms with Crippen LogP contribution in [0.5, 0.6) is 0 Å². The third-order valence-corrected chi connectivity index (χ3v) is 2.94. The number of aliphatic hydroxyl groups is 1. The molecule has 0 aliphatic heterocycles. The summed E-state index contributed by atoms with van der Waals surface area (Å²) in [5, 5.41) is 23.4. The molecule has 1 rings (SSSR count). The summed E-state index contributed by atoms with van der Waals surface area (Å²) in [6, 6.07) is -0.359. The summed E-state index contributed by atoms with van der Waals surface area (Å²) in [4.78, 5) is 21.8. The van der Waals surface area contributed by atoms with Gasteiger partial charge in [0.15, 0.2) is 0 Å². The third-order valence-electron chi connectivity index (χ3n) is 2.94. The minimum Gasteiger partial charge on any atom is -0.481 e. The molecule has 0 heterocycles. The molecule has 6 heteroatoms. The maximum absolute atomic E-state index is 11.3. The second kappa shape index (κ2) is 5.86. The van der Waals surface area contributed by atoms with Crippen molar-refractivity contribution in [2.24, 2.45) is 5.92 Å². The van der Waals surface area contributed by atoms with Crippen LogP contribution in [0.2, 0.25) is 0 Å². The standard InChI is InChI=1S/C11H20N2O4/c1-11(17,5-9(14)15)7-13-10(16)12-6-8-3-2-4-8/h8,17H,2-7H2,1H3,(H,14,15)(H2,12,13,16). The van der Waals surface area contributed by atoms with Crippen molar-refractivity contribution in [3.05, 3.63) is 0 Å². The number of hydrogen-bond acceptors (Lipinski definition) is 3. The highest BCUT2D eigenvalue weighted by Gasteiger charge is 2.25. The Balaban J connectivity index is 2.15. The van der Waals surface area contributed by atoms with Crippen molar-refractivity contribution in [3.8, 4) is 0 Å². The number of nitrogens with one attached hydrogen (secondary N) is 2. The molecule has 0 aromatic heterocycles. The summed E-state index contributed by atoms with van der Waals surface area (Å²) >= 11 is 0. The Morgan fingerprint density at radius 1 is 1.35 bits per heavy atom. The number of aliphatic carboxylic acids is 1.